The number of halogens is 1. The van der Waals surface area contributed by atoms with Crippen molar-refractivity contribution in [1.29, 1.82) is 0 Å². The van der Waals surface area contributed by atoms with E-state index in [1.165, 1.54) is 37.1 Å². The van der Waals surface area contributed by atoms with Gasteiger partial charge in [-0.2, -0.15) is 0 Å². The summed E-state index contributed by atoms with van der Waals surface area (Å²) in [4.78, 5) is 30.0. The van der Waals surface area contributed by atoms with Gasteiger partial charge in [-0.15, -0.1) is 0 Å². The molecule has 3 amide bonds. The van der Waals surface area contributed by atoms with E-state index in [-0.39, 0.29) is 30.6 Å². The first-order valence-electron chi connectivity index (χ1n) is 12.5. The maximum Gasteiger partial charge on any atom is 0.323 e. The predicted octanol–water partition coefficient (Wildman–Crippen LogP) is 4.03. The van der Waals surface area contributed by atoms with E-state index in [1.54, 1.807) is 23.1 Å². The number of fused-ring (bicyclic) bond motifs is 1. The molecule has 0 unspecified atom stereocenters. The third kappa shape index (κ3) is 6.53. The Kier molecular flexibility index (Phi) is 8.11. The van der Waals surface area contributed by atoms with Gasteiger partial charge >= 0.3 is 6.03 Å². The molecule has 1 saturated carbocycles. The number of benzene rings is 2. The van der Waals surface area contributed by atoms with Gasteiger partial charge in [0.05, 0.1) is 18.2 Å². The summed E-state index contributed by atoms with van der Waals surface area (Å²) in [5.74, 6) is 0.612. The van der Waals surface area contributed by atoms with Gasteiger partial charge in [-0.3, -0.25) is 4.79 Å². The third-order valence-electron chi connectivity index (χ3n) is 6.78. The van der Waals surface area contributed by atoms with Crippen molar-refractivity contribution >= 4 is 23.3 Å². The van der Waals surface area contributed by atoms with E-state index in [0.29, 0.717) is 29.2 Å². The topological polar surface area (TPSA) is 94.1 Å². The summed E-state index contributed by atoms with van der Waals surface area (Å²) >= 11 is 0. The number of nitrogens with zero attached hydrogens (tertiary/aromatic N) is 2. The molecule has 194 valence electrons. The largest absolute Gasteiger partial charge is 0.488 e. The summed E-state index contributed by atoms with van der Waals surface area (Å²) < 4.78 is 19.5. The Morgan fingerprint density at radius 2 is 1.83 bits per heavy atom. The summed E-state index contributed by atoms with van der Waals surface area (Å²) in [5, 5.41) is 15.2. The Labute approximate surface area is 211 Å². The van der Waals surface area contributed by atoms with Gasteiger partial charge in [0.2, 0.25) is 0 Å². The van der Waals surface area contributed by atoms with E-state index in [0.717, 1.165) is 19.0 Å². The van der Waals surface area contributed by atoms with Crippen molar-refractivity contribution in [2.24, 2.45) is 11.8 Å². The number of ether oxygens (including phenoxy) is 1. The number of rotatable bonds is 8. The summed E-state index contributed by atoms with van der Waals surface area (Å²) in [6.07, 6.45) is 2.40. The van der Waals surface area contributed by atoms with E-state index in [9.17, 15) is 19.1 Å². The molecule has 3 N–H and O–H groups in total. The molecule has 0 aromatic heterocycles. The molecular formula is C27H35FN4O4. The average Bonchev–Trinajstić information content (AvgIpc) is 3.66. The fourth-order valence-electron chi connectivity index (χ4n) is 4.47. The first-order valence-corrected chi connectivity index (χ1v) is 12.5. The van der Waals surface area contributed by atoms with Gasteiger partial charge in [0.1, 0.15) is 17.7 Å². The Morgan fingerprint density at radius 3 is 2.50 bits per heavy atom. The smallest absolute Gasteiger partial charge is 0.323 e. The molecular weight excluding hydrogens is 463 g/mol. The van der Waals surface area contributed by atoms with Crippen LogP contribution in [0.3, 0.4) is 0 Å². The Morgan fingerprint density at radius 1 is 1.17 bits per heavy atom. The standard InChI is InChI=1S/C27H35FN4O4/c1-17-13-32(18(2)16-33)26(34)23-12-22(30-27(35)29-21-8-6-20(28)7-9-21)10-11-24(23)36-25(17)15-31(3)14-19-4-5-19/h6-12,17-19,25,33H,4-5,13-16H2,1-3H3,(H2,29,30,35)/t17-,18-,25+/m0/s1. The van der Waals surface area contributed by atoms with Gasteiger partial charge in [0.15, 0.2) is 0 Å². The first kappa shape index (κ1) is 25.9. The quantitative estimate of drug-likeness (QED) is 0.511. The number of aliphatic hydroxyl groups excluding tert-OH is 1. The van der Waals surface area contributed by atoms with Crippen LogP contribution in [0.4, 0.5) is 20.6 Å². The van der Waals surface area contributed by atoms with Gasteiger partial charge in [0, 0.05) is 36.9 Å². The Hall–Kier alpha value is -3.17. The number of carbonyl (C=O) groups is 2. The summed E-state index contributed by atoms with van der Waals surface area (Å²) in [5.41, 5.74) is 1.18. The highest BCUT2D eigenvalue weighted by Gasteiger charge is 2.34. The van der Waals surface area contributed by atoms with Crippen LogP contribution in [0, 0.1) is 17.7 Å². The molecule has 0 radical (unpaired) electrons. The minimum Gasteiger partial charge on any atom is -0.488 e. The monoisotopic (exact) mass is 498 g/mol. The molecule has 1 fully saturated rings. The summed E-state index contributed by atoms with van der Waals surface area (Å²) in [7, 11) is 2.10. The van der Waals surface area contributed by atoms with Gasteiger partial charge in [0.25, 0.3) is 5.91 Å². The highest BCUT2D eigenvalue weighted by atomic mass is 19.1. The van der Waals surface area contributed by atoms with Crippen molar-refractivity contribution in [1.82, 2.24) is 9.80 Å². The number of hydrogen-bond donors (Lipinski definition) is 3. The Bertz CT molecular complexity index is 1080. The van der Waals surface area contributed by atoms with E-state index in [2.05, 4.69) is 29.5 Å². The Balaban J connectivity index is 1.55. The lowest BCUT2D eigenvalue weighted by atomic mass is 9.99. The molecule has 0 spiro atoms. The number of hydrogen-bond acceptors (Lipinski definition) is 5. The second-order valence-electron chi connectivity index (χ2n) is 10.1. The van der Waals surface area contributed by atoms with Crippen molar-refractivity contribution in [3.05, 3.63) is 53.8 Å². The first-order chi connectivity index (χ1) is 17.2. The van der Waals surface area contributed by atoms with Crippen molar-refractivity contribution in [3.8, 4) is 5.75 Å². The van der Waals surface area contributed by atoms with Crippen LogP contribution in [0.2, 0.25) is 0 Å². The van der Waals surface area contributed by atoms with Crippen LogP contribution < -0.4 is 15.4 Å². The lowest BCUT2D eigenvalue weighted by molar-refractivity contribution is 0.0344. The number of carbonyl (C=O) groups excluding carboxylic acids is 2. The van der Waals surface area contributed by atoms with Crippen molar-refractivity contribution < 1.29 is 23.8 Å². The van der Waals surface area contributed by atoms with Crippen LogP contribution in [-0.4, -0.2) is 72.3 Å². The van der Waals surface area contributed by atoms with E-state index in [1.807, 2.05) is 6.92 Å². The molecule has 0 bridgehead atoms. The molecule has 0 saturated heterocycles. The summed E-state index contributed by atoms with van der Waals surface area (Å²) in [6.45, 7) is 5.94. The SMILES string of the molecule is C[C@H]1CN([C@@H](C)CO)C(=O)c2cc(NC(=O)Nc3ccc(F)cc3)ccc2O[C@@H]1CN(C)CC1CC1. The molecule has 3 atom stereocenters. The van der Waals surface area contributed by atoms with Crippen molar-refractivity contribution in [2.75, 3.05) is 43.9 Å². The zero-order chi connectivity index (χ0) is 25.8. The predicted molar refractivity (Wildman–Crippen MR) is 137 cm³/mol. The fraction of sp³-hybridized carbons (Fsp3) is 0.481. The van der Waals surface area contributed by atoms with Gasteiger partial charge in [-0.1, -0.05) is 6.92 Å². The van der Waals surface area contributed by atoms with Crippen LogP contribution in [0.25, 0.3) is 0 Å². The van der Waals surface area contributed by atoms with Gasteiger partial charge < -0.3 is 30.3 Å². The highest BCUT2D eigenvalue weighted by Crippen LogP contribution is 2.32. The van der Waals surface area contributed by atoms with Crippen molar-refractivity contribution in [3.63, 3.8) is 0 Å². The molecule has 2 aromatic carbocycles. The van der Waals surface area contributed by atoms with E-state index < -0.39 is 11.8 Å². The minimum absolute atomic E-state index is 0.0528. The summed E-state index contributed by atoms with van der Waals surface area (Å²) in [6, 6.07) is 9.54. The number of aliphatic hydroxyl groups is 1. The molecule has 1 aliphatic heterocycles. The molecule has 9 heteroatoms. The van der Waals surface area contributed by atoms with E-state index >= 15 is 0 Å². The number of amides is 3. The lowest BCUT2D eigenvalue weighted by Crippen LogP contribution is -2.50. The maximum atomic E-state index is 13.5. The fourth-order valence-corrected chi connectivity index (χ4v) is 4.47. The lowest BCUT2D eigenvalue weighted by Gasteiger charge is -2.38. The third-order valence-corrected chi connectivity index (χ3v) is 6.78. The minimum atomic E-state index is -0.519. The molecule has 36 heavy (non-hydrogen) atoms. The van der Waals surface area contributed by atoms with E-state index in [4.69, 9.17) is 4.74 Å². The maximum absolute atomic E-state index is 13.5. The zero-order valence-corrected chi connectivity index (χ0v) is 21.0. The van der Waals surface area contributed by atoms with Crippen LogP contribution >= 0.6 is 0 Å². The second kappa shape index (κ2) is 11.3. The second-order valence-corrected chi connectivity index (χ2v) is 10.1. The molecule has 1 aliphatic carbocycles. The zero-order valence-electron chi connectivity index (χ0n) is 21.0. The number of urea groups is 1. The van der Waals surface area contributed by atoms with Gasteiger partial charge in [-0.05, 0) is 75.2 Å². The normalized spacial score (nSPS) is 20.7. The van der Waals surface area contributed by atoms with Gasteiger partial charge in [-0.25, -0.2) is 9.18 Å². The van der Waals surface area contributed by atoms with Crippen LogP contribution in [0.15, 0.2) is 42.5 Å². The molecule has 4 rings (SSSR count). The molecule has 2 aromatic rings. The number of likely N-dealkylation sites (N-methyl/N-ethyl adjacent to an activating group) is 1. The molecule has 2 aliphatic rings. The van der Waals surface area contributed by atoms with Crippen LogP contribution in [0.1, 0.15) is 37.0 Å². The molecule has 8 nitrogen and oxygen atoms in total. The number of nitrogens with one attached hydrogen (secondary N) is 2. The van der Waals surface area contributed by atoms with Crippen molar-refractivity contribution in [2.45, 2.75) is 38.8 Å². The van der Waals surface area contributed by atoms with Crippen LogP contribution in [0.5, 0.6) is 5.75 Å². The molecule has 1 heterocycles. The number of anilines is 2. The van der Waals surface area contributed by atoms with Crippen LogP contribution in [-0.2, 0) is 0 Å². The highest BCUT2D eigenvalue weighted by molar-refractivity contribution is 6.02. The average molecular weight is 499 g/mol.